The first-order chi connectivity index (χ1) is 47.8. The van der Waals surface area contributed by atoms with Gasteiger partial charge in [0.2, 0.25) is 0 Å². The smallest absolute Gasteiger partial charge is 0.308 e. The number of aromatic nitrogens is 2. The van der Waals surface area contributed by atoms with Crippen molar-refractivity contribution in [3.63, 3.8) is 0 Å². The number of hydrogen-bond donors (Lipinski definition) is 0. The first-order valence-electron chi connectivity index (χ1n) is 29.0. The van der Waals surface area contributed by atoms with E-state index in [-0.39, 0.29) is 84.9 Å². The van der Waals surface area contributed by atoms with Crippen molar-refractivity contribution in [2.24, 2.45) is 0 Å². The van der Waals surface area contributed by atoms with Gasteiger partial charge in [-0.2, -0.15) is 137 Å². The van der Waals surface area contributed by atoms with Gasteiger partial charge >= 0.3 is 61.8 Å². The molecule has 2 aromatic heterocycles. The first-order valence-corrected chi connectivity index (χ1v) is 29.0. The van der Waals surface area contributed by atoms with Crippen LogP contribution in [-0.2, 0) is 61.8 Å². The molecule has 12 rings (SSSR count). The van der Waals surface area contributed by atoms with E-state index in [9.17, 15) is 111 Å². The molecule has 538 valence electrons. The summed E-state index contributed by atoms with van der Waals surface area (Å²) in [6, 6.07) is 13.9. The Morgan fingerprint density at radius 1 is 0.240 bits per heavy atom. The summed E-state index contributed by atoms with van der Waals surface area (Å²) in [5.41, 5.74) is -33.9. The summed E-state index contributed by atoms with van der Waals surface area (Å²) in [4.78, 5) is 0. The number of alkyl halides is 30. The molecule has 0 spiro atoms. The molecule has 0 aliphatic heterocycles. The van der Waals surface area contributed by atoms with Crippen LogP contribution in [0.2, 0.25) is 0 Å². The third kappa shape index (κ3) is 13.5. The average Bonchev–Trinajstić information content (AvgIpc) is 1.56. The second-order valence-electron chi connectivity index (χ2n) is 23.5. The highest BCUT2D eigenvalue weighted by atomic mass is 19.4. The fourth-order valence-corrected chi connectivity index (χ4v) is 12.4. The van der Waals surface area contributed by atoms with Crippen molar-refractivity contribution in [3.8, 4) is 73.1 Å². The van der Waals surface area contributed by atoms with Gasteiger partial charge in [0.05, 0.1) is 89.1 Å². The highest BCUT2D eigenvalue weighted by Crippen LogP contribution is 2.53. The van der Waals surface area contributed by atoms with Gasteiger partial charge in [0.1, 0.15) is 11.6 Å². The lowest BCUT2D eigenvalue weighted by atomic mass is 9.90. The van der Waals surface area contributed by atoms with Crippen LogP contribution in [0, 0.1) is 11.3 Å². The Morgan fingerprint density at radius 3 is 0.702 bits per heavy atom. The summed E-state index contributed by atoms with van der Waals surface area (Å²) in [5, 5.41) is 9.66. The summed E-state index contributed by atoms with van der Waals surface area (Å²) in [7, 11) is 0. The van der Waals surface area contributed by atoms with Crippen molar-refractivity contribution in [1.29, 1.82) is 5.26 Å². The van der Waals surface area contributed by atoms with Gasteiger partial charge < -0.3 is 9.13 Å². The number of halogens is 30. The highest BCUT2D eigenvalue weighted by Gasteiger charge is 2.45. The molecule has 12 aromatic rings. The number of benzene rings is 10. The summed E-state index contributed by atoms with van der Waals surface area (Å²) >= 11 is 0. The molecular weight excluding hydrogens is 1460 g/mol. The quantitative estimate of drug-likeness (QED) is 0.146. The van der Waals surface area contributed by atoms with E-state index in [1.165, 1.54) is 0 Å². The van der Waals surface area contributed by atoms with Gasteiger partial charge in [-0.15, -0.1) is 0 Å². The van der Waals surface area contributed by atoms with Gasteiger partial charge in [0.25, 0.3) is 0 Å². The predicted octanol–water partition coefficient (Wildman–Crippen LogP) is 26.3. The van der Waals surface area contributed by atoms with Gasteiger partial charge in [-0.05, 0) is 184 Å². The standard InChI is InChI=1S/C71H29F30N3/c72-62(73,74)39-14-35(15-40(26-39)63(75,76)77)31-4-9-55-48(22-31)49-23-32(36-16-41(64(78,79)80)27-42(17-36)65(81,82)83)5-10-56(49)103(55)59-13-8-47(60-53(70(96,97)98)2-1-3-54(60)71(99,100)101)61(52(59)30-102)104-57-11-6-33(37-18-43(66(84,85)86)28-44(19-37)67(87,88)89)24-50(57)51-25-34(7-12-58(51)104)38-20-45(68(90,91)92)29-46(21-38)69(93,94)95/h1-29H. The van der Waals surface area contributed by atoms with Crippen LogP contribution in [-0.4, -0.2) is 9.13 Å². The maximum atomic E-state index is 15.6. The maximum absolute atomic E-state index is 15.6. The molecule has 104 heavy (non-hydrogen) atoms. The third-order valence-electron chi connectivity index (χ3n) is 16.9. The molecule has 0 fully saturated rings. The van der Waals surface area contributed by atoms with E-state index in [1.54, 1.807) is 6.07 Å². The summed E-state index contributed by atoms with van der Waals surface area (Å²) in [5.74, 6) is 0. The molecule has 10 aromatic carbocycles. The van der Waals surface area contributed by atoms with E-state index >= 15 is 26.3 Å². The van der Waals surface area contributed by atoms with E-state index in [4.69, 9.17) is 0 Å². The Hall–Kier alpha value is -10.8. The fraction of sp³-hybridized carbons (Fsp3) is 0.141. The van der Waals surface area contributed by atoms with E-state index in [2.05, 4.69) is 0 Å². The van der Waals surface area contributed by atoms with Gasteiger partial charge in [-0.25, -0.2) is 0 Å². The number of fused-ring (bicyclic) bond motifs is 6. The first kappa shape index (κ1) is 73.0. The van der Waals surface area contributed by atoms with Gasteiger partial charge in [-0.3, -0.25) is 0 Å². The molecule has 0 atom stereocenters. The Bertz CT molecular complexity index is 5110. The normalized spacial score (nSPS) is 13.5. The lowest BCUT2D eigenvalue weighted by molar-refractivity contribution is -0.144. The molecule has 33 heteroatoms. The van der Waals surface area contributed by atoms with E-state index < -0.39 is 234 Å². The Labute approximate surface area is 560 Å². The van der Waals surface area contributed by atoms with Crippen molar-refractivity contribution in [3.05, 3.63) is 237 Å². The summed E-state index contributed by atoms with van der Waals surface area (Å²) in [6.45, 7) is 0. The van der Waals surface area contributed by atoms with Crippen molar-refractivity contribution in [1.82, 2.24) is 9.13 Å². The minimum atomic E-state index is -5.84. The number of rotatable bonds is 7. The van der Waals surface area contributed by atoms with Gasteiger partial charge in [0.15, 0.2) is 0 Å². The monoisotopic (exact) mass is 1490 g/mol. The molecule has 3 nitrogen and oxygen atoms in total. The lowest BCUT2D eigenvalue weighted by Crippen LogP contribution is -2.16. The molecular formula is C71H29F30N3. The Kier molecular flexibility index (Phi) is 16.9. The van der Waals surface area contributed by atoms with Crippen molar-refractivity contribution < 1.29 is 132 Å². The molecule has 0 saturated heterocycles. The Morgan fingerprint density at radius 2 is 0.481 bits per heavy atom. The summed E-state index contributed by atoms with van der Waals surface area (Å²) in [6.07, 6.45) is -55.9. The van der Waals surface area contributed by atoms with Crippen molar-refractivity contribution in [2.45, 2.75) is 61.8 Å². The van der Waals surface area contributed by atoms with E-state index in [0.717, 1.165) is 77.4 Å². The molecule has 0 aliphatic rings. The topological polar surface area (TPSA) is 33.6 Å². The molecule has 0 amide bonds. The second kappa shape index (κ2) is 24.1. The van der Waals surface area contributed by atoms with E-state index in [1.807, 2.05) is 0 Å². The molecule has 0 radical (unpaired) electrons. The average molecular weight is 1490 g/mol. The lowest BCUT2D eigenvalue weighted by Gasteiger charge is -2.24. The van der Waals surface area contributed by atoms with Crippen LogP contribution in [0.15, 0.2) is 176 Å². The van der Waals surface area contributed by atoms with Gasteiger partial charge in [-0.1, -0.05) is 36.4 Å². The van der Waals surface area contributed by atoms with Crippen LogP contribution in [0.5, 0.6) is 0 Å². The zero-order valence-corrected chi connectivity index (χ0v) is 50.4. The van der Waals surface area contributed by atoms with Crippen molar-refractivity contribution in [2.75, 3.05) is 0 Å². The number of hydrogen-bond acceptors (Lipinski definition) is 1. The minimum Gasteiger partial charge on any atom is -0.308 e. The van der Waals surface area contributed by atoms with Crippen LogP contribution >= 0.6 is 0 Å². The van der Waals surface area contributed by atoms with Gasteiger partial charge in [0, 0.05) is 32.7 Å². The zero-order chi connectivity index (χ0) is 76.3. The van der Waals surface area contributed by atoms with Crippen LogP contribution in [0.25, 0.3) is 111 Å². The largest absolute Gasteiger partial charge is 0.417 e. The van der Waals surface area contributed by atoms with Crippen LogP contribution in [0.3, 0.4) is 0 Å². The number of nitrogens with zero attached hydrogens (tertiary/aromatic N) is 3. The van der Waals surface area contributed by atoms with Crippen LogP contribution in [0.4, 0.5) is 132 Å². The Balaban J connectivity index is 1.26. The van der Waals surface area contributed by atoms with E-state index in [0.29, 0.717) is 22.8 Å². The number of nitriles is 1. The maximum Gasteiger partial charge on any atom is 0.417 e. The zero-order valence-electron chi connectivity index (χ0n) is 50.4. The van der Waals surface area contributed by atoms with Crippen LogP contribution in [0.1, 0.15) is 61.2 Å². The molecule has 2 heterocycles. The molecule has 0 saturated carbocycles. The molecule has 0 aliphatic carbocycles. The SMILES string of the molecule is N#Cc1c(-n2c3ccc(-c4cc(C(F)(F)F)cc(C(F)(F)F)c4)cc3c3cc(-c4cc(C(F)(F)F)cc(C(F)(F)F)c4)ccc32)ccc(-c2c(C(F)(F)F)cccc2C(F)(F)F)c1-n1c2ccc(-c3cc(C(F)(F)F)cc(C(F)(F)F)c3)cc2c2cc(-c3cc(C(F)(F)F)cc(C(F)(F)F)c3)ccc21. The molecule has 0 N–H and O–H groups in total. The second-order valence-corrected chi connectivity index (χ2v) is 23.5. The minimum absolute atomic E-state index is 0.138. The molecule has 0 bridgehead atoms. The molecule has 0 unspecified atom stereocenters. The third-order valence-corrected chi connectivity index (χ3v) is 16.9. The predicted molar refractivity (Wildman–Crippen MR) is 317 cm³/mol. The summed E-state index contributed by atoms with van der Waals surface area (Å²) < 4.78 is 441. The van der Waals surface area contributed by atoms with Crippen molar-refractivity contribution >= 4 is 43.6 Å². The van der Waals surface area contributed by atoms with Crippen LogP contribution < -0.4 is 0 Å². The highest BCUT2D eigenvalue weighted by molar-refractivity contribution is 6.14. The fourth-order valence-electron chi connectivity index (χ4n) is 12.4.